The van der Waals surface area contributed by atoms with E-state index in [2.05, 4.69) is 5.10 Å². The van der Waals surface area contributed by atoms with E-state index in [9.17, 15) is 27.5 Å². The molecule has 1 amide bonds. The van der Waals surface area contributed by atoms with Crippen molar-refractivity contribution in [3.8, 4) is 5.75 Å². The van der Waals surface area contributed by atoms with Crippen LogP contribution in [0.2, 0.25) is 0 Å². The zero-order valence-corrected chi connectivity index (χ0v) is 11.3. The number of carbonyl (C=O) groups is 1. The number of halogens is 4. The maximum atomic E-state index is 13.0. The van der Waals surface area contributed by atoms with Crippen LogP contribution in [0.15, 0.2) is 29.4 Å². The zero-order valence-electron chi connectivity index (χ0n) is 11.3. The molecule has 0 saturated carbocycles. The van der Waals surface area contributed by atoms with Crippen molar-refractivity contribution in [3.63, 3.8) is 0 Å². The van der Waals surface area contributed by atoms with Crippen molar-refractivity contribution < 1.29 is 32.2 Å². The van der Waals surface area contributed by atoms with E-state index in [-0.39, 0.29) is 16.3 Å². The Hall–Kier alpha value is -2.16. The number of ether oxygens (including phenoxy) is 1. The summed E-state index contributed by atoms with van der Waals surface area (Å²) in [6.45, 7) is 0. The molecule has 5 nitrogen and oxygen atoms in total. The standard InChI is InChI=1S/C13H12F4N2O3/c1-22-8-4-2-3-7(5-8)11(20)19-13(21,12(16)17)6-9(18-19)10(14)15/h2-5,10,12,21H,6H2,1H3/t13-/m1/s1. The van der Waals surface area contributed by atoms with Crippen LogP contribution in [-0.4, -0.2) is 47.4 Å². The van der Waals surface area contributed by atoms with Crippen molar-refractivity contribution in [2.75, 3.05) is 7.11 Å². The Bertz CT molecular complexity index is 609. The van der Waals surface area contributed by atoms with Gasteiger partial charge in [0.1, 0.15) is 11.5 Å². The highest BCUT2D eigenvalue weighted by molar-refractivity contribution is 5.99. The summed E-state index contributed by atoms with van der Waals surface area (Å²) in [5, 5.41) is 13.1. The lowest BCUT2D eigenvalue weighted by Crippen LogP contribution is -2.51. The molecule has 9 heteroatoms. The molecule has 1 N–H and O–H groups in total. The molecule has 0 bridgehead atoms. The molecular formula is C13H12F4N2O3. The van der Waals surface area contributed by atoms with Crippen molar-refractivity contribution >= 4 is 11.6 Å². The van der Waals surface area contributed by atoms with E-state index >= 15 is 0 Å². The number of hydrogen-bond donors (Lipinski definition) is 1. The van der Waals surface area contributed by atoms with Gasteiger partial charge < -0.3 is 9.84 Å². The second-order valence-electron chi connectivity index (χ2n) is 4.60. The van der Waals surface area contributed by atoms with E-state index in [1.165, 1.54) is 31.4 Å². The molecule has 1 aliphatic heterocycles. The molecule has 0 spiro atoms. The smallest absolute Gasteiger partial charge is 0.287 e. The number of benzene rings is 1. The Morgan fingerprint density at radius 2 is 2.09 bits per heavy atom. The van der Waals surface area contributed by atoms with E-state index < -0.39 is 36.6 Å². The van der Waals surface area contributed by atoms with Gasteiger partial charge in [-0.25, -0.2) is 17.6 Å². The fraction of sp³-hybridized carbons (Fsp3) is 0.385. The van der Waals surface area contributed by atoms with Crippen LogP contribution in [0.25, 0.3) is 0 Å². The molecule has 0 radical (unpaired) electrons. The summed E-state index contributed by atoms with van der Waals surface area (Å²) in [6, 6.07) is 5.42. The molecule has 0 unspecified atom stereocenters. The second kappa shape index (κ2) is 5.91. The molecule has 0 aromatic heterocycles. The van der Waals surface area contributed by atoms with Crippen LogP contribution in [-0.2, 0) is 0 Å². The normalized spacial score (nSPS) is 21.5. The first-order valence-corrected chi connectivity index (χ1v) is 6.14. The fourth-order valence-electron chi connectivity index (χ4n) is 1.98. The van der Waals surface area contributed by atoms with Gasteiger partial charge in [0.05, 0.1) is 7.11 Å². The van der Waals surface area contributed by atoms with Gasteiger partial charge in [-0.05, 0) is 18.2 Å². The summed E-state index contributed by atoms with van der Waals surface area (Å²) in [7, 11) is 1.34. The predicted molar refractivity (Wildman–Crippen MR) is 68.2 cm³/mol. The number of amides is 1. The third-order valence-electron chi connectivity index (χ3n) is 3.15. The van der Waals surface area contributed by atoms with Crippen LogP contribution in [0.1, 0.15) is 16.8 Å². The Labute approximate surface area is 122 Å². The van der Waals surface area contributed by atoms with Crippen molar-refractivity contribution in [1.82, 2.24) is 5.01 Å². The van der Waals surface area contributed by atoms with E-state index in [0.29, 0.717) is 0 Å². The van der Waals surface area contributed by atoms with Gasteiger partial charge in [-0.1, -0.05) is 6.07 Å². The number of hydrogen-bond acceptors (Lipinski definition) is 4. The predicted octanol–water partition coefficient (Wildman–Crippen LogP) is 2.12. The Balaban J connectivity index is 2.39. The van der Waals surface area contributed by atoms with Crippen LogP contribution < -0.4 is 4.74 Å². The zero-order chi connectivity index (χ0) is 16.5. The van der Waals surface area contributed by atoms with Gasteiger partial charge in [-0.2, -0.15) is 10.1 Å². The monoisotopic (exact) mass is 320 g/mol. The first-order chi connectivity index (χ1) is 10.3. The largest absolute Gasteiger partial charge is 0.497 e. The van der Waals surface area contributed by atoms with E-state index in [4.69, 9.17) is 4.74 Å². The molecule has 22 heavy (non-hydrogen) atoms. The molecule has 0 aliphatic carbocycles. The molecule has 1 aromatic carbocycles. The molecule has 1 aliphatic rings. The quantitative estimate of drug-likeness (QED) is 0.865. The van der Waals surface area contributed by atoms with E-state index in [0.717, 1.165) is 0 Å². The Kier molecular flexibility index (Phi) is 4.36. The summed E-state index contributed by atoms with van der Waals surface area (Å²) >= 11 is 0. The van der Waals surface area contributed by atoms with Crippen molar-refractivity contribution in [2.45, 2.75) is 25.0 Å². The minimum atomic E-state index is -3.46. The number of carbonyl (C=O) groups excluding carboxylic acids is 1. The van der Waals surface area contributed by atoms with Crippen LogP contribution in [0.5, 0.6) is 5.75 Å². The van der Waals surface area contributed by atoms with Crippen molar-refractivity contribution in [1.29, 1.82) is 0 Å². The lowest BCUT2D eigenvalue weighted by Gasteiger charge is -2.30. The molecule has 1 atom stereocenters. The summed E-state index contributed by atoms with van der Waals surface area (Å²) in [6.07, 6.45) is -7.71. The van der Waals surface area contributed by atoms with Gasteiger partial charge in [0.25, 0.3) is 18.8 Å². The summed E-state index contributed by atoms with van der Waals surface area (Å²) < 4.78 is 56.3. The first kappa shape index (κ1) is 16.2. The fourth-order valence-corrected chi connectivity index (χ4v) is 1.98. The average Bonchev–Trinajstić information content (AvgIpc) is 2.86. The second-order valence-corrected chi connectivity index (χ2v) is 4.60. The van der Waals surface area contributed by atoms with Crippen LogP contribution in [0.3, 0.4) is 0 Å². The molecule has 0 fully saturated rings. The van der Waals surface area contributed by atoms with Crippen molar-refractivity contribution in [2.24, 2.45) is 5.10 Å². The third kappa shape index (κ3) is 2.76. The van der Waals surface area contributed by atoms with Crippen LogP contribution in [0, 0.1) is 0 Å². The Morgan fingerprint density at radius 1 is 1.41 bits per heavy atom. The number of methoxy groups -OCH3 is 1. The minimum Gasteiger partial charge on any atom is -0.497 e. The van der Waals surface area contributed by atoms with Crippen molar-refractivity contribution in [3.05, 3.63) is 29.8 Å². The Morgan fingerprint density at radius 3 is 2.64 bits per heavy atom. The van der Waals surface area contributed by atoms with E-state index in [1.54, 1.807) is 0 Å². The van der Waals surface area contributed by atoms with Gasteiger partial charge in [0, 0.05) is 12.0 Å². The molecule has 0 saturated heterocycles. The average molecular weight is 320 g/mol. The van der Waals surface area contributed by atoms with Gasteiger partial charge in [-0.3, -0.25) is 4.79 Å². The lowest BCUT2D eigenvalue weighted by atomic mass is 10.1. The number of rotatable bonds is 4. The molecular weight excluding hydrogens is 308 g/mol. The topological polar surface area (TPSA) is 62.1 Å². The molecule has 2 rings (SSSR count). The molecule has 1 heterocycles. The summed E-state index contributed by atoms with van der Waals surface area (Å²) in [5.74, 6) is -0.860. The highest BCUT2D eigenvalue weighted by Gasteiger charge is 2.53. The lowest BCUT2D eigenvalue weighted by molar-refractivity contribution is -0.164. The number of alkyl halides is 4. The number of hydrazone groups is 1. The first-order valence-electron chi connectivity index (χ1n) is 6.14. The molecule has 1 aromatic rings. The van der Waals surface area contributed by atoms with Gasteiger partial charge in [0.2, 0.25) is 5.72 Å². The maximum absolute atomic E-state index is 13.0. The number of nitrogens with zero attached hydrogens (tertiary/aromatic N) is 2. The number of aliphatic hydroxyl groups is 1. The highest BCUT2D eigenvalue weighted by atomic mass is 19.3. The minimum absolute atomic E-state index is 0.00787. The molecule has 120 valence electrons. The van der Waals surface area contributed by atoms with Gasteiger partial charge >= 0.3 is 0 Å². The van der Waals surface area contributed by atoms with Gasteiger partial charge in [0.15, 0.2) is 0 Å². The van der Waals surface area contributed by atoms with Gasteiger partial charge in [-0.15, -0.1) is 0 Å². The summed E-state index contributed by atoms with van der Waals surface area (Å²) in [5.41, 5.74) is -4.19. The van der Waals surface area contributed by atoms with Crippen LogP contribution in [0.4, 0.5) is 17.6 Å². The SMILES string of the molecule is COc1cccc(C(=O)N2N=C(C(F)F)C[C@@]2(O)C(F)F)c1. The maximum Gasteiger partial charge on any atom is 0.287 e. The highest BCUT2D eigenvalue weighted by Crippen LogP contribution is 2.34. The third-order valence-corrected chi connectivity index (χ3v) is 3.15. The van der Waals surface area contributed by atoms with Crippen LogP contribution >= 0.6 is 0 Å². The van der Waals surface area contributed by atoms with E-state index in [1.807, 2.05) is 0 Å². The summed E-state index contributed by atoms with van der Waals surface area (Å²) in [4.78, 5) is 12.2.